The van der Waals surface area contributed by atoms with Gasteiger partial charge in [-0.2, -0.15) is 0 Å². The van der Waals surface area contributed by atoms with Gasteiger partial charge >= 0.3 is 0 Å². The van der Waals surface area contributed by atoms with E-state index < -0.39 is 12.2 Å². The highest BCUT2D eigenvalue weighted by Crippen LogP contribution is 2.44. The van der Waals surface area contributed by atoms with Crippen LogP contribution >= 0.6 is 0 Å². The van der Waals surface area contributed by atoms with Crippen LogP contribution in [0.25, 0.3) is 0 Å². The number of aliphatic hydroxyl groups excluding tert-OH is 2. The fraction of sp³-hybridized carbons (Fsp3) is 1.00. The molecule has 0 aromatic carbocycles. The molecule has 2 rings (SSSR count). The van der Waals surface area contributed by atoms with Crippen molar-refractivity contribution in [2.24, 2.45) is 11.8 Å². The molecule has 2 saturated carbocycles. The number of aliphatic hydroxyl groups is 2. The standard InChI is InChI=1S/C8H14O2/c9-7-5-3-1-2-4-6(5)8(7)10/h5-10H,1-4H2/t5-,6?,7-,8+/m0/s1. The molecule has 2 aliphatic rings. The first kappa shape index (κ1) is 6.62. The van der Waals surface area contributed by atoms with E-state index in [1.807, 2.05) is 0 Å². The maximum absolute atomic E-state index is 9.26. The molecular weight excluding hydrogens is 128 g/mol. The largest absolute Gasteiger partial charge is 0.390 e. The zero-order chi connectivity index (χ0) is 7.14. The Morgan fingerprint density at radius 2 is 1.20 bits per heavy atom. The Bertz CT molecular complexity index is 119. The van der Waals surface area contributed by atoms with E-state index in [1.54, 1.807) is 0 Å². The van der Waals surface area contributed by atoms with E-state index in [2.05, 4.69) is 0 Å². The van der Waals surface area contributed by atoms with Crippen LogP contribution < -0.4 is 0 Å². The third kappa shape index (κ3) is 0.722. The molecule has 2 N–H and O–H groups in total. The van der Waals surface area contributed by atoms with Crippen molar-refractivity contribution in [3.63, 3.8) is 0 Å². The Morgan fingerprint density at radius 3 is 1.60 bits per heavy atom. The molecule has 0 spiro atoms. The summed E-state index contributed by atoms with van der Waals surface area (Å²) in [6, 6.07) is 0. The summed E-state index contributed by atoms with van der Waals surface area (Å²) in [5.41, 5.74) is 0. The highest BCUT2D eigenvalue weighted by Gasteiger charge is 2.48. The predicted molar refractivity (Wildman–Crippen MR) is 37.5 cm³/mol. The Hall–Kier alpha value is -0.0800. The van der Waals surface area contributed by atoms with Crippen LogP contribution in [0.4, 0.5) is 0 Å². The summed E-state index contributed by atoms with van der Waals surface area (Å²) in [6.07, 6.45) is 3.94. The molecule has 0 radical (unpaired) electrons. The van der Waals surface area contributed by atoms with Crippen LogP contribution in [0, 0.1) is 11.8 Å². The number of hydrogen-bond acceptors (Lipinski definition) is 2. The van der Waals surface area contributed by atoms with Crippen LogP contribution in [0.3, 0.4) is 0 Å². The lowest BCUT2D eigenvalue weighted by Gasteiger charge is -2.49. The average molecular weight is 142 g/mol. The van der Waals surface area contributed by atoms with Gasteiger partial charge in [0.1, 0.15) is 0 Å². The highest BCUT2D eigenvalue weighted by atomic mass is 16.3. The molecule has 2 heteroatoms. The normalized spacial score (nSPS) is 53.4. The molecule has 0 aromatic rings. The molecule has 0 heterocycles. The first-order chi connectivity index (χ1) is 4.80. The Kier molecular flexibility index (Phi) is 1.46. The van der Waals surface area contributed by atoms with E-state index in [9.17, 15) is 10.2 Å². The second-order valence-electron chi connectivity index (χ2n) is 3.59. The van der Waals surface area contributed by atoms with Gasteiger partial charge < -0.3 is 10.2 Å². The molecular formula is C8H14O2. The monoisotopic (exact) mass is 142 g/mol. The minimum atomic E-state index is -0.398. The molecule has 1 unspecified atom stereocenters. The van der Waals surface area contributed by atoms with Crippen LogP contribution in [0.5, 0.6) is 0 Å². The molecule has 0 saturated heterocycles. The number of rotatable bonds is 0. The first-order valence-electron chi connectivity index (χ1n) is 4.17. The first-order valence-corrected chi connectivity index (χ1v) is 4.17. The van der Waals surface area contributed by atoms with Crippen molar-refractivity contribution in [2.45, 2.75) is 37.9 Å². The molecule has 4 atom stereocenters. The summed E-state index contributed by atoms with van der Waals surface area (Å²) in [5.74, 6) is 0.868. The van der Waals surface area contributed by atoms with Crippen LogP contribution in [0.2, 0.25) is 0 Å². The Balaban J connectivity index is 2.00. The lowest BCUT2D eigenvalue weighted by Crippen LogP contribution is -2.56. The maximum Gasteiger partial charge on any atom is 0.0833 e. The third-order valence-electron chi connectivity index (χ3n) is 3.10. The van der Waals surface area contributed by atoms with Crippen molar-refractivity contribution in [1.82, 2.24) is 0 Å². The lowest BCUT2D eigenvalue weighted by molar-refractivity contribution is -0.168. The number of fused-ring (bicyclic) bond motifs is 1. The van der Waals surface area contributed by atoms with Crippen LogP contribution in [-0.2, 0) is 0 Å². The van der Waals surface area contributed by atoms with Gasteiger partial charge in [-0.25, -0.2) is 0 Å². The summed E-state index contributed by atoms with van der Waals surface area (Å²) >= 11 is 0. The smallest absolute Gasteiger partial charge is 0.0833 e. The maximum atomic E-state index is 9.26. The fourth-order valence-corrected chi connectivity index (χ4v) is 2.40. The topological polar surface area (TPSA) is 40.5 Å². The molecule has 2 fully saturated rings. The van der Waals surface area contributed by atoms with Gasteiger partial charge in [-0.15, -0.1) is 0 Å². The Labute approximate surface area is 60.9 Å². The number of hydrogen-bond donors (Lipinski definition) is 2. The van der Waals surface area contributed by atoms with Gasteiger partial charge in [-0.3, -0.25) is 0 Å². The van der Waals surface area contributed by atoms with Gasteiger partial charge in [0.15, 0.2) is 0 Å². The van der Waals surface area contributed by atoms with Gasteiger partial charge in [-0.1, -0.05) is 12.8 Å². The summed E-state index contributed by atoms with van der Waals surface area (Å²) < 4.78 is 0. The van der Waals surface area contributed by atoms with E-state index in [0.29, 0.717) is 11.8 Å². The van der Waals surface area contributed by atoms with Gasteiger partial charge in [0, 0.05) is 0 Å². The van der Waals surface area contributed by atoms with Crippen molar-refractivity contribution in [3.05, 3.63) is 0 Å². The zero-order valence-electron chi connectivity index (χ0n) is 6.03. The summed E-state index contributed by atoms with van der Waals surface area (Å²) in [6.45, 7) is 0. The summed E-state index contributed by atoms with van der Waals surface area (Å²) in [5, 5.41) is 18.5. The molecule has 0 bridgehead atoms. The minimum absolute atomic E-state index is 0.398. The molecule has 0 aromatic heterocycles. The zero-order valence-corrected chi connectivity index (χ0v) is 6.03. The van der Waals surface area contributed by atoms with Crippen molar-refractivity contribution >= 4 is 0 Å². The quantitative estimate of drug-likeness (QED) is 0.518. The van der Waals surface area contributed by atoms with Gasteiger partial charge in [0.25, 0.3) is 0 Å². The third-order valence-corrected chi connectivity index (χ3v) is 3.10. The lowest BCUT2D eigenvalue weighted by atomic mass is 9.61. The van der Waals surface area contributed by atoms with Gasteiger partial charge in [-0.05, 0) is 24.7 Å². The molecule has 2 nitrogen and oxygen atoms in total. The van der Waals surface area contributed by atoms with Gasteiger partial charge in [0.2, 0.25) is 0 Å². The molecule has 10 heavy (non-hydrogen) atoms. The van der Waals surface area contributed by atoms with Crippen LogP contribution in [0.15, 0.2) is 0 Å². The molecule has 0 amide bonds. The van der Waals surface area contributed by atoms with E-state index in [-0.39, 0.29) is 0 Å². The molecule has 2 aliphatic carbocycles. The molecule has 58 valence electrons. The van der Waals surface area contributed by atoms with Crippen LogP contribution in [-0.4, -0.2) is 22.4 Å². The van der Waals surface area contributed by atoms with Crippen molar-refractivity contribution in [3.8, 4) is 0 Å². The van der Waals surface area contributed by atoms with Crippen molar-refractivity contribution in [1.29, 1.82) is 0 Å². The second-order valence-corrected chi connectivity index (χ2v) is 3.59. The summed E-state index contributed by atoms with van der Waals surface area (Å²) in [4.78, 5) is 0. The molecule has 0 aliphatic heterocycles. The van der Waals surface area contributed by atoms with E-state index >= 15 is 0 Å². The van der Waals surface area contributed by atoms with E-state index in [4.69, 9.17) is 0 Å². The Morgan fingerprint density at radius 1 is 0.800 bits per heavy atom. The summed E-state index contributed by atoms with van der Waals surface area (Å²) in [7, 11) is 0. The van der Waals surface area contributed by atoms with E-state index in [0.717, 1.165) is 12.8 Å². The SMILES string of the molecule is O[C@@H]1[C@H](O)C2CCCC[C@@H]21. The van der Waals surface area contributed by atoms with Gasteiger partial charge in [0.05, 0.1) is 12.2 Å². The fourth-order valence-electron chi connectivity index (χ4n) is 2.40. The average Bonchev–Trinajstić information content (AvgIpc) is 2.03. The second kappa shape index (κ2) is 2.21. The van der Waals surface area contributed by atoms with Crippen molar-refractivity contribution in [2.75, 3.05) is 0 Å². The van der Waals surface area contributed by atoms with Crippen molar-refractivity contribution < 1.29 is 10.2 Å². The van der Waals surface area contributed by atoms with E-state index in [1.165, 1.54) is 12.8 Å². The van der Waals surface area contributed by atoms with Crippen LogP contribution in [0.1, 0.15) is 25.7 Å². The minimum Gasteiger partial charge on any atom is -0.390 e. The highest BCUT2D eigenvalue weighted by molar-refractivity contribution is 4.98. The predicted octanol–water partition coefficient (Wildman–Crippen LogP) is 0.528.